The average molecular weight is 284 g/mol. The van der Waals surface area contributed by atoms with Crippen molar-refractivity contribution >= 4 is 5.97 Å². The van der Waals surface area contributed by atoms with Crippen LogP contribution in [-0.2, 0) is 4.74 Å². The van der Waals surface area contributed by atoms with Crippen molar-refractivity contribution in [1.82, 2.24) is 0 Å². The molecule has 2 aromatic rings. The molecule has 1 N–H and O–H groups in total. The molecule has 0 aliphatic carbocycles. The maximum absolute atomic E-state index is 11.9. The van der Waals surface area contributed by atoms with Crippen LogP contribution in [-0.4, -0.2) is 17.7 Å². The second-order valence-corrected chi connectivity index (χ2v) is 5.24. The van der Waals surface area contributed by atoms with Gasteiger partial charge in [0.25, 0.3) is 0 Å². The van der Waals surface area contributed by atoms with Crippen LogP contribution in [0.2, 0.25) is 0 Å². The van der Waals surface area contributed by atoms with E-state index in [0.29, 0.717) is 18.1 Å². The number of phenols is 1. The number of carbonyl (C=O) groups excluding carboxylic acids is 1. The van der Waals surface area contributed by atoms with Crippen molar-refractivity contribution in [2.24, 2.45) is 5.92 Å². The van der Waals surface area contributed by atoms with Gasteiger partial charge in [0, 0.05) is 0 Å². The molecule has 0 saturated heterocycles. The second kappa shape index (κ2) is 6.93. The molecule has 0 saturated carbocycles. The van der Waals surface area contributed by atoms with Gasteiger partial charge in [0.1, 0.15) is 5.75 Å². The summed E-state index contributed by atoms with van der Waals surface area (Å²) >= 11 is 0. The lowest BCUT2D eigenvalue weighted by molar-refractivity contribution is 0.0447. The normalized spacial score (nSPS) is 11.9. The Balaban J connectivity index is 2.04. The molecule has 0 bridgehead atoms. The number of ether oxygens (including phenoxy) is 1. The molecule has 0 amide bonds. The van der Waals surface area contributed by atoms with Crippen LogP contribution in [0, 0.1) is 5.92 Å². The number of hydrogen-bond donors (Lipinski definition) is 1. The quantitative estimate of drug-likeness (QED) is 0.834. The van der Waals surface area contributed by atoms with E-state index in [1.165, 1.54) is 0 Å². The molecular formula is C18H20O3. The van der Waals surface area contributed by atoms with Crippen LogP contribution in [0.15, 0.2) is 48.5 Å². The fourth-order valence-corrected chi connectivity index (χ4v) is 1.87. The Morgan fingerprint density at radius 3 is 2.10 bits per heavy atom. The van der Waals surface area contributed by atoms with Gasteiger partial charge in [0.15, 0.2) is 0 Å². The first kappa shape index (κ1) is 15.1. The molecular weight excluding hydrogens is 264 g/mol. The Morgan fingerprint density at radius 1 is 1.05 bits per heavy atom. The summed E-state index contributed by atoms with van der Waals surface area (Å²) in [5.41, 5.74) is 2.54. The number of aromatic hydroxyl groups is 1. The van der Waals surface area contributed by atoms with Gasteiger partial charge < -0.3 is 9.84 Å². The van der Waals surface area contributed by atoms with E-state index in [1.54, 1.807) is 24.3 Å². The average Bonchev–Trinajstić information content (AvgIpc) is 2.53. The fraction of sp³-hybridized carbons (Fsp3) is 0.278. The van der Waals surface area contributed by atoms with E-state index in [0.717, 1.165) is 17.5 Å². The molecule has 0 fully saturated rings. The van der Waals surface area contributed by atoms with E-state index in [9.17, 15) is 9.90 Å². The summed E-state index contributed by atoms with van der Waals surface area (Å²) in [5.74, 6) is 0.335. The van der Waals surface area contributed by atoms with Gasteiger partial charge in [-0.2, -0.15) is 0 Å². The lowest BCUT2D eigenvalue weighted by Gasteiger charge is -2.10. The first-order valence-corrected chi connectivity index (χ1v) is 7.16. The van der Waals surface area contributed by atoms with Crippen molar-refractivity contribution in [3.8, 4) is 16.9 Å². The highest BCUT2D eigenvalue weighted by Gasteiger charge is 2.09. The van der Waals surface area contributed by atoms with E-state index < -0.39 is 0 Å². The van der Waals surface area contributed by atoms with Gasteiger partial charge in [-0.15, -0.1) is 0 Å². The minimum atomic E-state index is -0.285. The van der Waals surface area contributed by atoms with Crippen molar-refractivity contribution in [3.05, 3.63) is 54.1 Å². The molecule has 1 atom stereocenters. The highest BCUT2D eigenvalue weighted by molar-refractivity contribution is 5.90. The standard InChI is InChI=1S/C18H20O3/c1-3-13(2)12-21-18(20)16-6-4-14(5-7-16)15-8-10-17(19)11-9-15/h4-11,13,19H,3,12H2,1-2H3. The minimum Gasteiger partial charge on any atom is -0.508 e. The predicted molar refractivity (Wildman–Crippen MR) is 83.3 cm³/mol. The molecule has 21 heavy (non-hydrogen) atoms. The summed E-state index contributed by atoms with van der Waals surface area (Å²) in [4.78, 5) is 11.9. The second-order valence-electron chi connectivity index (χ2n) is 5.24. The van der Waals surface area contributed by atoms with Crippen molar-refractivity contribution in [3.63, 3.8) is 0 Å². The maximum Gasteiger partial charge on any atom is 0.338 e. The molecule has 2 aromatic carbocycles. The molecule has 0 heterocycles. The third kappa shape index (κ3) is 4.09. The van der Waals surface area contributed by atoms with Crippen molar-refractivity contribution in [2.75, 3.05) is 6.61 Å². The number of hydrogen-bond acceptors (Lipinski definition) is 3. The van der Waals surface area contributed by atoms with Crippen LogP contribution in [0.4, 0.5) is 0 Å². The van der Waals surface area contributed by atoms with E-state index in [2.05, 4.69) is 13.8 Å². The lowest BCUT2D eigenvalue weighted by Crippen LogP contribution is -2.11. The number of benzene rings is 2. The summed E-state index contributed by atoms with van der Waals surface area (Å²) in [7, 11) is 0. The highest BCUT2D eigenvalue weighted by Crippen LogP contribution is 2.22. The Hall–Kier alpha value is -2.29. The first-order valence-electron chi connectivity index (χ1n) is 7.16. The smallest absolute Gasteiger partial charge is 0.338 e. The van der Waals surface area contributed by atoms with Crippen LogP contribution in [0.25, 0.3) is 11.1 Å². The van der Waals surface area contributed by atoms with Crippen LogP contribution >= 0.6 is 0 Å². The molecule has 3 heteroatoms. The Labute approximate surface area is 125 Å². The van der Waals surface area contributed by atoms with E-state index in [-0.39, 0.29) is 11.7 Å². The lowest BCUT2D eigenvalue weighted by atomic mass is 10.0. The summed E-state index contributed by atoms with van der Waals surface area (Å²) < 4.78 is 5.27. The summed E-state index contributed by atoms with van der Waals surface area (Å²) in [6.07, 6.45) is 0.993. The van der Waals surface area contributed by atoms with Crippen molar-refractivity contribution in [2.45, 2.75) is 20.3 Å². The number of esters is 1. The van der Waals surface area contributed by atoms with Gasteiger partial charge >= 0.3 is 5.97 Å². The van der Waals surface area contributed by atoms with Crippen LogP contribution < -0.4 is 0 Å². The Morgan fingerprint density at radius 2 is 1.57 bits per heavy atom. The highest BCUT2D eigenvalue weighted by atomic mass is 16.5. The van der Waals surface area contributed by atoms with Crippen LogP contribution in [0.3, 0.4) is 0 Å². The van der Waals surface area contributed by atoms with Gasteiger partial charge in [0.05, 0.1) is 12.2 Å². The molecule has 110 valence electrons. The van der Waals surface area contributed by atoms with Crippen molar-refractivity contribution in [1.29, 1.82) is 0 Å². The van der Waals surface area contributed by atoms with E-state index in [4.69, 9.17) is 4.74 Å². The first-order chi connectivity index (χ1) is 10.1. The summed E-state index contributed by atoms with van der Waals surface area (Å²) in [5, 5.41) is 9.28. The fourth-order valence-electron chi connectivity index (χ4n) is 1.87. The van der Waals surface area contributed by atoms with Crippen molar-refractivity contribution < 1.29 is 14.6 Å². The molecule has 1 unspecified atom stereocenters. The summed E-state index contributed by atoms with van der Waals surface area (Å²) in [6, 6.07) is 14.3. The van der Waals surface area contributed by atoms with Gasteiger partial charge in [-0.3, -0.25) is 0 Å². The topological polar surface area (TPSA) is 46.5 Å². The minimum absolute atomic E-state index is 0.240. The van der Waals surface area contributed by atoms with Gasteiger partial charge in [-0.1, -0.05) is 44.5 Å². The molecule has 0 aromatic heterocycles. The molecule has 0 radical (unpaired) electrons. The van der Waals surface area contributed by atoms with Gasteiger partial charge in [0.2, 0.25) is 0 Å². The maximum atomic E-state index is 11.9. The van der Waals surface area contributed by atoms with Crippen LogP contribution in [0.5, 0.6) is 5.75 Å². The summed E-state index contributed by atoms with van der Waals surface area (Å²) in [6.45, 7) is 4.58. The Kier molecular flexibility index (Phi) is 4.99. The largest absolute Gasteiger partial charge is 0.508 e. The monoisotopic (exact) mass is 284 g/mol. The third-order valence-corrected chi connectivity index (χ3v) is 3.52. The molecule has 0 spiro atoms. The van der Waals surface area contributed by atoms with E-state index in [1.807, 2.05) is 24.3 Å². The van der Waals surface area contributed by atoms with Gasteiger partial charge in [-0.05, 0) is 41.3 Å². The number of rotatable bonds is 5. The molecule has 2 rings (SSSR count). The zero-order chi connectivity index (χ0) is 15.2. The van der Waals surface area contributed by atoms with Crippen LogP contribution in [0.1, 0.15) is 30.6 Å². The SMILES string of the molecule is CCC(C)COC(=O)c1ccc(-c2ccc(O)cc2)cc1. The number of phenolic OH excluding ortho intramolecular Hbond substituents is 1. The zero-order valence-electron chi connectivity index (χ0n) is 12.4. The molecule has 0 aliphatic rings. The molecule has 3 nitrogen and oxygen atoms in total. The van der Waals surface area contributed by atoms with E-state index >= 15 is 0 Å². The Bertz CT molecular complexity index is 585. The van der Waals surface area contributed by atoms with Gasteiger partial charge in [-0.25, -0.2) is 4.79 Å². The third-order valence-electron chi connectivity index (χ3n) is 3.52. The molecule has 0 aliphatic heterocycles. The predicted octanol–water partition coefficient (Wildman–Crippen LogP) is 4.26. The number of carbonyl (C=O) groups is 1. The zero-order valence-corrected chi connectivity index (χ0v) is 12.4.